The third-order valence-corrected chi connectivity index (χ3v) is 7.97. The molecule has 0 saturated carbocycles. The molecule has 5 heterocycles. The highest BCUT2D eigenvalue weighted by Gasteiger charge is 2.32. The van der Waals surface area contributed by atoms with E-state index >= 15 is 0 Å². The predicted molar refractivity (Wildman–Crippen MR) is 145 cm³/mol. The van der Waals surface area contributed by atoms with Gasteiger partial charge in [-0.3, -0.25) is 14.4 Å². The summed E-state index contributed by atoms with van der Waals surface area (Å²) in [4.78, 5) is 27.7. The minimum Gasteiger partial charge on any atom is -0.458 e. The Morgan fingerprint density at radius 1 is 1.18 bits per heavy atom. The topological polar surface area (TPSA) is 97.6 Å². The van der Waals surface area contributed by atoms with Crippen LogP contribution in [0.4, 0.5) is 15.8 Å². The van der Waals surface area contributed by atoms with Gasteiger partial charge in [0.2, 0.25) is 0 Å². The minimum absolute atomic E-state index is 0.118. The summed E-state index contributed by atoms with van der Waals surface area (Å²) in [5, 5.41) is 8.39. The summed E-state index contributed by atoms with van der Waals surface area (Å²) >= 11 is 0. The number of halogens is 1. The fourth-order valence-electron chi connectivity index (χ4n) is 6.05. The van der Waals surface area contributed by atoms with Crippen LogP contribution in [0.3, 0.4) is 0 Å². The Hall–Kier alpha value is -3.83. The van der Waals surface area contributed by atoms with E-state index in [1.165, 1.54) is 25.5 Å². The third-order valence-electron chi connectivity index (χ3n) is 7.97. The molecule has 3 saturated heterocycles. The number of nitrogens with zero attached hydrogens (tertiary/aromatic N) is 6. The molecule has 2 atom stereocenters. The first-order chi connectivity index (χ1) is 19.0. The van der Waals surface area contributed by atoms with Gasteiger partial charge in [-0.05, 0) is 43.7 Å². The molecule has 39 heavy (non-hydrogen) atoms. The largest absolute Gasteiger partial charge is 0.458 e. The van der Waals surface area contributed by atoms with Crippen LogP contribution in [-0.4, -0.2) is 82.1 Å². The van der Waals surface area contributed by atoms with Gasteiger partial charge in [-0.1, -0.05) is 0 Å². The Kier molecular flexibility index (Phi) is 6.04. The van der Waals surface area contributed by atoms with E-state index in [1.54, 1.807) is 36.3 Å². The van der Waals surface area contributed by atoms with Gasteiger partial charge in [-0.2, -0.15) is 10.1 Å². The lowest BCUT2D eigenvalue weighted by atomic mass is 10.1. The second-order valence-electron chi connectivity index (χ2n) is 10.6. The summed E-state index contributed by atoms with van der Waals surface area (Å²) in [5.74, 6) is -0.880. The van der Waals surface area contributed by atoms with Gasteiger partial charge in [0.25, 0.3) is 5.91 Å². The lowest BCUT2D eigenvalue weighted by Gasteiger charge is -2.39. The van der Waals surface area contributed by atoms with Crippen molar-refractivity contribution in [1.29, 1.82) is 0 Å². The van der Waals surface area contributed by atoms with E-state index < -0.39 is 5.82 Å². The van der Waals surface area contributed by atoms with Crippen molar-refractivity contribution in [3.63, 3.8) is 0 Å². The van der Waals surface area contributed by atoms with Crippen molar-refractivity contribution in [2.45, 2.75) is 31.4 Å². The molecular weight excluding hydrogens is 501 g/mol. The van der Waals surface area contributed by atoms with Crippen molar-refractivity contribution >= 4 is 39.1 Å². The Labute approximate surface area is 224 Å². The monoisotopic (exact) mass is 531 g/mol. The maximum Gasteiger partial charge on any atom is 0.317 e. The van der Waals surface area contributed by atoms with E-state index in [4.69, 9.17) is 14.5 Å². The summed E-state index contributed by atoms with van der Waals surface area (Å²) in [5.41, 5.74) is 2.49. The van der Waals surface area contributed by atoms with E-state index in [1.807, 2.05) is 6.07 Å². The Balaban J connectivity index is 1.25. The number of amides is 1. The molecule has 3 fully saturated rings. The average molecular weight is 532 g/mol. The van der Waals surface area contributed by atoms with Crippen molar-refractivity contribution in [2.75, 3.05) is 49.6 Å². The molecule has 3 aliphatic rings. The summed E-state index contributed by atoms with van der Waals surface area (Å²) in [6.07, 6.45) is 6.55. The highest BCUT2D eigenvalue weighted by Crippen LogP contribution is 2.33. The number of carbonyl (C=O) groups excluding carboxylic acids is 1. The van der Waals surface area contributed by atoms with Crippen molar-refractivity contribution in [2.24, 2.45) is 7.05 Å². The SMILES string of the molecule is Cn1cc2cc(NC(=O)c3ccc(N4CCN5CCC[C@H]5C4)c4cnc(O[C@@H]5CCOC5)nc34)cc(F)c2n1. The first kappa shape index (κ1) is 24.2. The van der Waals surface area contributed by atoms with Crippen LogP contribution in [0.5, 0.6) is 6.01 Å². The number of rotatable bonds is 5. The number of piperazine rings is 1. The highest BCUT2D eigenvalue weighted by molar-refractivity contribution is 6.14. The van der Waals surface area contributed by atoms with Gasteiger partial charge < -0.3 is 19.7 Å². The fraction of sp³-hybridized carbons (Fsp3) is 0.429. The summed E-state index contributed by atoms with van der Waals surface area (Å²) in [6.45, 7) is 5.14. The number of anilines is 2. The van der Waals surface area contributed by atoms with Crippen LogP contribution in [0.25, 0.3) is 21.8 Å². The first-order valence-electron chi connectivity index (χ1n) is 13.5. The van der Waals surface area contributed by atoms with Gasteiger partial charge in [-0.25, -0.2) is 9.37 Å². The number of hydrogen-bond donors (Lipinski definition) is 1. The van der Waals surface area contributed by atoms with E-state index in [0.29, 0.717) is 41.4 Å². The summed E-state index contributed by atoms with van der Waals surface area (Å²) < 4.78 is 27.6. The Bertz CT molecular complexity index is 1570. The molecule has 0 aliphatic carbocycles. The van der Waals surface area contributed by atoms with Crippen LogP contribution in [0.2, 0.25) is 0 Å². The summed E-state index contributed by atoms with van der Waals surface area (Å²) in [6, 6.07) is 7.52. The molecule has 11 heteroatoms. The number of aromatic nitrogens is 4. The van der Waals surface area contributed by atoms with E-state index in [9.17, 15) is 9.18 Å². The number of carbonyl (C=O) groups is 1. The Morgan fingerprint density at radius 2 is 2.10 bits per heavy atom. The van der Waals surface area contributed by atoms with Crippen LogP contribution in [0.15, 0.2) is 36.7 Å². The predicted octanol–water partition coefficient (Wildman–Crippen LogP) is 3.36. The van der Waals surface area contributed by atoms with Crippen LogP contribution in [0.1, 0.15) is 29.6 Å². The molecule has 1 amide bonds. The van der Waals surface area contributed by atoms with Gasteiger partial charge in [-0.15, -0.1) is 0 Å². The number of benzene rings is 2. The zero-order valence-corrected chi connectivity index (χ0v) is 21.8. The van der Waals surface area contributed by atoms with Crippen LogP contribution >= 0.6 is 0 Å². The molecule has 3 aliphatic heterocycles. The Morgan fingerprint density at radius 3 is 2.97 bits per heavy atom. The van der Waals surface area contributed by atoms with Crippen molar-refractivity contribution < 1.29 is 18.7 Å². The van der Waals surface area contributed by atoms with Crippen molar-refractivity contribution in [1.82, 2.24) is 24.6 Å². The van der Waals surface area contributed by atoms with Crippen LogP contribution in [0, 0.1) is 5.82 Å². The normalized spacial score (nSPS) is 21.5. The maximum atomic E-state index is 14.7. The number of hydrogen-bond acceptors (Lipinski definition) is 8. The van der Waals surface area contributed by atoms with Crippen molar-refractivity contribution in [3.8, 4) is 6.01 Å². The molecule has 7 rings (SSSR count). The first-order valence-corrected chi connectivity index (χ1v) is 13.5. The quantitative estimate of drug-likeness (QED) is 0.419. The van der Waals surface area contributed by atoms with Crippen LogP contribution < -0.4 is 15.0 Å². The molecule has 1 N–H and O–H groups in total. The van der Waals surface area contributed by atoms with E-state index in [0.717, 1.165) is 37.1 Å². The molecule has 0 bridgehead atoms. The lowest BCUT2D eigenvalue weighted by molar-refractivity contribution is 0.102. The molecule has 2 aromatic carbocycles. The summed E-state index contributed by atoms with van der Waals surface area (Å²) in [7, 11) is 1.73. The number of aryl methyl sites for hydroxylation is 1. The molecule has 0 spiro atoms. The lowest BCUT2D eigenvalue weighted by Crippen LogP contribution is -2.50. The minimum atomic E-state index is -0.494. The number of nitrogens with one attached hydrogen (secondary N) is 1. The maximum absolute atomic E-state index is 14.7. The van der Waals surface area contributed by atoms with Crippen molar-refractivity contribution in [3.05, 3.63) is 48.0 Å². The molecule has 10 nitrogen and oxygen atoms in total. The van der Waals surface area contributed by atoms with E-state index in [-0.39, 0.29) is 23.5 Å². The molecule has 202 valence electrons. The number of ether oxygens (including phenoxy) is 2. The molecule has 2 aromatic heterocycles. The number of fused-ring (bicyclic) bond motifs is 3. The molecule has 0 radical (unpaired) electrons. The van der Waals surface area contributed by atoms with Gasteiger partial charge >= 0.3 is 6.01 Å². The van der Waals surface area contributed by atoms with E-state index in [2.05, 4.69) is 25.2 Å². The molecular formula is C28H30FN7O3. The smallest absolute Gasteiger partial charge is 0.317 e. The van der Waals surface area contributed by atoms with Gasteiger partial charge in [0.05, 0.1) is 24.3 Å². The van der Waals surface area contributed by atoms with Gasteiger partial charge in [0.15, 0.2) is 5.82 Å². The third kappa shape index (κ3) is 4.55. The second kappa shape index (κ2) is 9.73. The fourth-order valence-corrected chi connectivity index (χ4v) is 6.05. The highest BCUT2D eigenvalue weighted by atomic mass is 19.1. The van der Waals surface area contributed by atoms with Crippen LogP contribution in [-0.2, 0) is 11.8 Å². The zero-order valence-electron chi connectivity index (χ0n) is 21.8. The second-order valence-corrected chi connectivity index (χ2v) is 10.6. The zero-order chi connectivity index (χ0) is 26.5. The van der Waals surface area contributed by atoms with Gasteiger partial charge in [0, 0.05) is 73.7 Å². The molecule has 0 unspecified atom stereocenters. The standard InChI is InChI=1S/C28H30FN7O3/c1-34-14-17-11-18(12-23(29)25(17)33-34)31-27(37)21-4-5-24(36-9-8-35-7-2-3-19(35)15-36)22-13-30-28(32-26(21)22)39-20-6-10-38-16-20/h4-5,11-14,19-20H,2-3,6-10,15-16H2,1H3,(H,31,37)/t19-,20+/m0/s1. The molecule has 4 aromatic rings. The van der Waals surface area contributed by atoms with Gasteiger partial charge in [0.1, 0.15) is 11.6 Å². The average Bonchev–Trinajstić information content (AvgIpc) is 3.68.